The van der Waals surface area contributed by atoms with E-state index >= 15 is 0 Å². The fraction of sp³-hybridized carbons (Fsp3) is 0.625. The Morgan fingerprint density at radius 2 is 2.00 bits per heavy atom. The highest BCUT2D eigenvalue weighted by atomic mass is 19.2. The highest BCUT2D eigenvalue weighted by Crippen LogP contribution is 2.23. The molecule has 2 rings (SSSR count). The fourth-order valence-corrected chi connectivity index (χ4v) is 2.54. The molecule has 0 spiro atoms. The largest absolute Gasteiger partial charge is 0.314 e. The van der Waals surface area contributed by atoms with Gasteiger partial charge in [0.05, 0.1) is 0 Å². The van der Waals surface area contributed by atoms with Crippen molar-refractivity contribution in [1.82, 2.24) is 5.32 Å². The summed E-state index contributed by atoms with van der Waals surface area (Å²) in [6.07, 6.45) is 4.16. The minimum atomic E-state index is -0.740. The lowest BCUT2D eigenvalue weighted by atomic mass is 9.90. The Balaban J connectivity index is 1.98. The minimum Gasteiger partial charge on any atom is -0.314 e. The number of hydrogen-bond acceptors (Lipinski definition) is 1. The van der Waals surface area contributed by atoms with Crippen LogP contribution in [0.15, 0.2) is 18.2 Å². The summed E-state index contributed by atoms with van der Waals surface area (Å²) >= 11 is 0. The van der Waals surface area contributed by atoms with Crippen LogP contribution in [0.25, 0.3) is 0 Å². The van der Waals surface area contributed by atoms with Crippen LogP contribution in [0.1, 0.15) is 38.7 Å². The Bertz CT molecular complexity index is 413. The average molecular weight is 267 g/mol. The maximum Gasteiger partial charge on any atom is 0.162 e. The van der Waals surface area contributed by atoms with E-state index in [1.807, 2.05) is 0 Å². The van der Waals surface area contributed by atoms with Crippen molar-refractivity contribution in [2.45, 2.75) is 45.6 Å². The van der Waals surface area contributed by atoms with Gasteiger partial charge in [0.15, 0.2) is 11.6 Å². The van der Waals surface area contributed by atoms with Crippen molar-refractivity contribution in [3.63, 3.8) is 0 Å². The molecule has 3 heteroatoms. The Morgan fingerprint density at radius 3 is 2.63 bits per heavy atom. The van der Waals surface area contributed by atoms with Gasteiger partial charge in [0.1, 0.15) is 0 Å². The van der Waals surface area contributed by atoms with Crippen LogP contribution >= 0.6 is 0 Å². The van der Waals surface area contributed by atoms with Gasteiger partial charge in [0.25, 0.3) is 0 Å². The highest BCUT2D eigenvalue weighted by molar-refractivity contribution is 5.19. The summed E-state index contributed by atoms with van der Waals surface area (Å²) in [6, 6.07) is 5.13. The minimum absolute atomic E-state index is 0.372. The van der Waals surface area contributed by atoms with Crippen LogP contribution in [0.2, 0.25) is 0 Å². The first-order valence-corrected chi connectivity index (χ1v) is 7.22. The van der Waals surface area contributed by atoms with E-state index < -0.39 is 11.6 Å². The van der Waals surface area contributed by atoms with Gasteiger partial charge in [0.2, 0.25) is 0 Å². The molecule has 1 fully saturated rings. The molecule has 1 aliphatic rings. The van der Waals surface area contributed by atoms with Crippen LogP contribution in [-0.4, -0.2) is 12.6 Å². The Labute approximate surface area is 114 Å². The maximum absolute atomic E-state index is 13.7. The fourth-order valence-electron chi connectivity index (χ4n) is 2.54. The summed E-state index contributed by atoms with van der Waals surface area (Å²) < 4.78 is 26.9. The molecule has 1 saturated carbocycles. The molecule has 106 valence electrons. The molecule has 1 atom stereocenters. The molecule has 0 radical (unpaired) electrons. The van der Waals surface area contributed by atoms with E-state index in [4.69, 9.17) is 0 Å². The Kier molecular flexibility index (Phi) is 4.92. The second-order valence-electron chi connectivity index (χ2n) is 6.10. The third kappa shape index (κ3) is 4.57. The van der Waals surface area contributed by atoms with Crippen LogP contribution in [-0.2, 0) is 6.42 Å². The molecule has 0 heterocycles. The van der Waals surface area contributed by atoms with Crippen LogP contribution in [0.5, 0.6) is 0 Å². The predicted octanol–water partition coefficient (Wildman–Crippen LogP) is 3.92. The van der Waals surface area contributed by atoms with E-state index in [1.165, 1.54) is 18.9 Å². The summed E-state index contributed by atoms with van der Waals surface area (Å²) in [4.78, 5) is 0. The van der Waals surface area contributed by atoms with Gasteiger partial charge in [-0.15, -0.1) is 0 Å². The predicted molar refractivity (Wildman–Crippen MR) is 74.0 cm³/mol. The smallest absolute Gasteiger partial charge is 0.162 e. The zero-order valence-electron chi connectivity index (χ0n) is 11.8. The first-order valence-electron chi connectivity index (χ1n) is 7.22. The number of benzene rings is 1. The molecule has 1 N–H and O–H groups in total. The van der Waals surface area contributed by atoms with Crippen molar-refractivity contribution in [3.8, 4) is 0 Å². The van der Waals surface area contributed by atoms with Crippen molar-refractivity contribution < 1.29 is 8.78 Å². The van der Waals surface area contributed by atoms with E-state index in [2.05, 4.69) is 19.2 Å². The van der Waals surface area contributed by atoms with Crippen LogP contribution in [0.4, 0.5) is 8.78 Å². The molecule has 19 heavy (non-hydrogen) atoms. The molecule has 1 aliphatic carbocycles. The molecule has 0 amide bonds. The quantitative estimate of drug-likeness (QED) is 0.789. The molecular weight excluding hydrogens is 244 g/mol. The van der Waals surface area contributed by atoms with Gasteiger partial charge in [-0.2, -0.15) is 0 Å². The first-order chi connectivity index (χ1) is 9.06. The first kappa shape index (κ1) is 14.4. The molecule has 0 aromatic heterocycles. The van der Waals surface area contributed by atoms with Crippen molar-refractivity contribution in [3.05, 3.63) is 35.4 Å². The van der Waals surface area contributed by atoms with Gasteiger partial charge in [-0.05, 0) is 55.7 Å². The van der Waals surface area contributed by atoms with E-state index in [0.717, 1.165) is 13.0 Å². The van der Waals surface area contributed by atoms with Crippen molar-refractivity contribution >= 4 is 0 Å². The van der Waals surface area contributed by atoms with Crippen LogP contribution < -0.4 is 5.32 Å². The van der Waals surface area contributed by atoms with E-state index in [1.54, 1.807) is 12.1 Å². The van der Waals surface area contributed by atoms with Crippen LogP contribution in [0.3, 0.4) is 0 Å². The lowest BCUT2D eigenvalue weighted by Crippen LogP contribution is -2.27. The molecular formula is C16H23F2N. The molecule has 1 aromatic carbocycles. The topological polar surface area (TPSA) is 12.0 Å². The van der Waals surface area contributed by atoms with Crippen molar-refractivity contribution in [1.29, 1.82) is 0 Å². The Hall–Kier alpha value is -0.960. The third-order valence-corrected chi connectivity index (χ3v) is 3.62. The van der Waals surface area contributed by atoms with Gasteiger partial charge in [-0.3, -0.25) is 0 Å². The standard InChI is InChI=1S/C16H23F2N/c1-11(2)8-12(10-19-14-6-7-14)9-13-4-3-5-15(17)16(13)18/h3-5,11-12,14,19H,6-10H2,1-2H3. The van der Waals surface area contributed by atoms with Crippen molar-refractivity contribution in [2.75, 3.05) is 6.54 Å². The molecule has 1 aromatic rings. The van der Waals surface area contributed by atoms with Crippen molar-refractivity contribution in [2.24, 2.45) is 11.8 Å². The maximum atomic E-state index is 13.7. The van der Waals surface area contributed by atoms with Gasteiger partial charge in [-0.25, -0.2) is 8.78 Å². The van der Waals surface area contributed by atoms with Gasteiger partial charge in [-0.1, -0.05) is 26.0 Å². The van der Waals surface area contributed by atoms with Crippen LogP contribution in [0, 0.1) is 23.5 Å². The number of hydrogen-bond donors (Lipinski definition) is 1. The molecule has 0 bridgehead atoms. The number of nitrogens with one attached hydrogen (secondary N) is 1. The molecule has 1 unspecified atom stereocenters. The average Bonchev–Trinajstić information content (AvgIpc) is 3.15. The summed E-state index contributed by atoms with van der Waals surface area (Å²) in [5, 5.41) is 3.50. The summed E-state index contributed by atoms with van der Waals surface area (Å²) in [5.41, 5.74) is 0.503. The SMILES string of the molecule is CC(C)CC(CNC1CC1)Cc1cccc(F)c1F. The summed E-state index contributed by atoms with van der Waals surface area (Å²) in [5.74, 6) is -0.474. The molecule has 0 aliphatic heterocycles. The zero-order chi connectivity index (χ0) is 13.8. The third-order valence-electron chi connectivity index (χ3n) is 3.62. The van der Waals surface area contributed by atoms with E-state index in [-0.39, 0.29) is 0 Å². The lowest BCUT2D eigenvalue weighted by Gasteiger charge is -2.20. The number of rotatable bonds is 7. The Morgan fingerprint density at radius 1 is 1.26 bits per heavy atom. The van der Waals surface area contributed by atoms with Gasteiger partial charge >= 0.3 is 0 Å². The molecule has 0 saturated heterocycles. The monoisotopic (exact) mass is 267 g/mol. The van der Waals surface area contributed by atoms with Gasteiger partial charge in [0, 0.05) is 6.04 Å². The summed E-state index contributed by atoms with van der Waals surface area (Å²) in [6.45, 7) is 5.25. The van der Waals surface area contributed by atoms with E-state index in [9.17, 15) is 8.78 Å². The second kappa shape index (κ2) is 6.47. The van der Waals surface area contributed by atoms with Gasteiger partial charge < -0.3 is 5.32 Å². The summed E-state index contributed by atoms with van der Waals surface area (Å²) in [7, 11) is 0. The number of halogens is 2. The highest BCUT2D eigenvalue weighted by Gasteiger charge is 2.23. The normalized spacial score (nSPS) is 16.9. The second-order valence-corrected chi connectivity index (χ2v) is 6.10. The zero-order valence-corrected chi connectivity index (χ0v) is 11.8. The lowest BCUT2D eigenvalue weighted by molar-refractivity contribution is 0.376. The van der Waals surface area contributed by atoms with E-state index in [0.29, 0.717) is 29.9 Å². The molecule has 1 nitrogen and oxygen atoms in total.